The molecular formula is C15H13BrF2N2O. The summed E-state index contributed by atoms with van der Waals surface area (Å²) in [7, 11) is 0. The molecule has 0 heterocycles. The fourth-order valence-electron chi connectivity index (χ4n) is 1.74. The quantitative estimate of drug-likeness (QED) is 0.845. The zero-order valence-electron chi connectivity index (χ0n) is 11.0. The van der Waals surface area contributed by atoms with E-state index >= 15 is 0 Å². The number of hydrogen-bond acceptors (Lipinski definition) is 2. The molecule has 3 nitrogen and oxygen atoms in total. The van der Waals surface area contributed by atoms with Crippen LogP contribution in [0.3, 0.4) is 0 Å². The Balaban J connectivity index is 1.85. The molecule has 0 fully saturated rings. The van der Waals surface area contributed by atoms with Crippen LogP contribution in [0.1, 0.15) is 6.42 Å². The van der Waals surface area contributed by atoms with Gasteiger partial charge in [0.25, 0.3) is 0 Å². The molecule has 0 saturated heterocycles. The van der Waals surface area contributed by atoms with Gasteiger partial charge in [-0.2, -0.15) is 0 Å². The largest absolute Gasteiger partial charge is 0.384 e. The lowest BCUT2D eigenvalue weighted by molar-refractivity contribution is -0.116. The van der Waals surface area contributed by atoms with Gasteiger partial charge in [-0.05, 0) is 30.3 Å². The zero-order chi connectivity index (χ0) is 15.2. The second kappa shape index (κ2) is 7.17. The summed E-state index contributed by atoms with van der Waals surface area (Å²) in [5, 5.41) is 5.29. The Bertz CT molecular complexity index is 629. The van der Waals surface area contributed by atoms with Gasteiger partial charge in [0.05, 0.1) is 0 Å². The van der Waals surface area contributed by atoms with E-state index in [9.17, 15) is 13.6 Å². The van der Waals surface area contributed by atoms with Gasteiger partial charge in [-0.3, -0.25) is 4.79 Å². The van der Waals surface area contributed by atoms with E-state index in [0.717, 1.165) is 22.3 Å². The zero-order valence-corrected chi connectivity index (χ0v) is 12.6. The van der Waals surface area contributed by atoms with Gasteiger partial charge in [0, 0.05) is 23.1 Å². The summed E-state index contributed by atoms with van der Waals surface area (Å²) in [6.45, 7) is 0.359. The average Bonchev–Trinajstić information content (AvgIpc) is 2.43. The summed E-state index contributed by atoms with van der Waals surface area (Å²) in [6, 6.07) is 10.9. The standard InChI is InChI=1S/C15H13BrF2N2O/c16-10-3-1-4-11(9-10)19-8-7-14(21)20-15-12(17)5-2-6-13(15)18/h1-6,9,19H,7-8H2,(H,20,21). The summed E-state index contributed by atoms with van der Waals surface area (Å²) in [6.07, 6.45) is 0.0975. The van der Waals surface area contributed by atoms with E-state index in [2.05, 4.69) is 26.6 Å². The van der Waals surface area contributed by atoms with Crippen molar-refractivity contribution in [3.05, 3.63) is 58.6 Å². The van der Waals surface area contributed by atoms with E-state index in [1.54, 1.807) is 0 Å². The molecule has 0 unspecified atom stereocenters. The molecular weight excluding hydrogens is 342 g/mol. The molecule has 0 saturated carbocycles. The molecule has 0 atom stereocenters. The normalized spacial score (nSPS) is 10.2. The Labute approximate surface area is 129 Å². The van der Waals surface area contributed by atoms with Crippen LogP contribution in [0, 0.1) is 11.6 Å². The number of benzene rings is 2. The molecule has 0 aliphatic rings. The number of nitrogens with one attached hydrogen (secondary N) is 2. The topological polar surface area (TPSA) is 41.1 Å². The highest BCUT2D eigenvalue weighted by atomic mass is 79.9. The Kier molecular flexibility index (Phi) is 5.27. The first-order valence-electron chi connectivity index (χ1n) is 6.29. The van der Waals surface area contributed by atoms with Crippen LogP contribution < -0.4 is 10.6 Å². The molecule has 2 aromatic carbocycles. The molecule has 0 spiro atoms. The van der Waals surface area contributed by atoms with Crippen LogP contribution >= 0.6 is 15.9 Å². The first-order valence-corrected chi connectivity index (χ1v) is 7.09. The molecule has 6 heteroatoms. The van der Waals surface area contributed by atoms with Crippen molar-refractivity contribution in [3.8, 4) is 0 Å². The van der Waals surface area contributed by atoms with Gasteiger partial charge >= 0.3 is 0 Å². The van der Waals surface area contributed by atoms with Crippen LogP contribution in [0.2, 0.25) is 0 Å². The van der Waals surface area contributed by atoms with Crippen molar-refractivity contribution in [1.82, 2.24) is 0 Å². The molecule has 1 amide bonds. The summed E-state index contributed by atoms with van der Waals surface area (Å²) in [5.74, 6) is -2.03. The highest BCUT2D eigenvalue weighted by molar-refractivity contribution is 9.10. The van der Waals surface area contributed by atoms with E-state index in [0.29, 0.717) is 6.54 Å². The van der Waals surface area contributed by atoms with Gasteiger partial charge in [-0.1, -0.05) is 28.1 Å². The van der Waals surface area contributed by atoms with Crippen LogP contribution in [-0.2, 0) is 4.79 Å². The molecule has 110 valence electrons. The van der Waals surface area contributed by atoms with Gasteiger partial charge in [-0.15, -0.1) is 0 Å². The lowest BCUT2D eigenvalue weighted by atomic mass is 10.2. The number of rotatable bonds is 5. The van der Waals surface area contributed by atoms with Crippen LogP contribution in [0.4, 0.5) is 20.2 Å². The highest BCUT2D eigenvalue weighted by Crippen LogP contribution is 2.18. The molecule has 2 rings (SSSR count). The number of halogens is 3. The van der Waals surface area contributed by atoms with Crippen LogP contribution in [-0.4, -0.2) is 12.5 Å². The van der Waals surface area contributed by atoms with Crippen LogP contribution in [0.15, 0.2) is 46.9 Å². The highest BCUT2D eigenvalue weighted by Gasteiger charge is 2.11. The summed E-state index contributed by atoms with van der Waals surface area (Å²) >= 11 is 3.34. The fourth-order valence-corrected chi connectivity index (χ4v) is 2.14. The second-order valence-electron chi connectivity index (χ2n) is 4.33. The number of carbonyl (C=O) groups excluding carboxylic acids is 1. The summed E-state index contributed by atoms with van der Waals surface area (Å²) in [5.41, 5.74) is 0.444. The second-order valence-corrected chi connectivity index (χ2v) is 5.25. The van der Waals surface area contributed by atoms with Crippen molar-refractivity contribution < 1.29 is 13.6 Å². The predicted molar refractivity (Wildman–Crippen MR) is 82.2 cm³/mol. The molecule has 0 aliphatic carbocycles. The smallest absolute Gasteiger partial charge is 0.226 e. The lowest BCUT2D eigenvalue weighted by Gasteiger charge is -2.09. The van der Waals surface area contributed by atoms with Gasteiger partial charge < -0.3 is 10.6 Å². The van der Waals surface area contributed by atoms with E-state index < -0.39 is 23.2 Å². The molecule has 21 heavy (non-hydrogen) atoms. The first-order chi connectivity index (χ1) is 10.1. The average molecular weight is 355 g/mol. The van der Waals surface area contributed by atoms with Crippen molar-refractivity contribution in [2.75, 3.05) is 17.2 Å². The molecule has 2 aromatic rings. The number of amides is 1. The molecule has 0 aromatic heterocycles. The maximum absolute atomic E-state index is 13.4. The van der Waals surface area contributed by atoms with E-state index in [1.807, 2.05) is 24.3 Å². The van der Waals surface area contributed by atoms with Gasteiger partial charge in [0.15, 0.2) is 0 Å². The van der Waals surface area contributed by atoms with Crippen LogP contribution in [0.5, 0.6) is 0 Å². The predicted octanol–water partition coefficient (Wildman–Crippen LogP) is 4.17. The maximum Gasteiger partial charge on any atom is 0.226 e. The number of para-hydroxylation sites is 1. The third-order valence-corrected chi connectivity index (χ3v) is 3.23. The van der Waals surface area contributed by atoms with E-state index in [4.69, 9.17) is 0 Å². The van der Waals surface area contributed by atoms with Crippen molar-refractivity contribution >= 4 is 33.2 Å². The Morgan fingerprint density at radius 2 is 1.76 bits per heavy atom. The van der Waals surface area contributed by atoms with Crippen LogP contribution in [0.25, 0.3) is 0 Å². The summed E-state index contributed by atoms with van der Waals surface area (Å²) in [4.78, 5) is 11.7. The number of anilines is 2. The van der Waals surface area contributed by atoms with Crippen molar-refractivity contribution in [1.29, 1.82) is 0 Å². The van der Waals surface area contributed by atoms with E-state index in [1.165, 1.54) is 6.07 Å². The number of hydrogen-bond donors (Lipinski definition) is 2. The molecule has 0 bridgehead atoms. The lowest BCUT2D eigenvalue weighted by Crippen LogP contribution is -2.17. The Morgan fingerprint density at radius 1 is 1.10 bits per heavy atom. The van der Waals surface area contributed by atoms with Crippen molar-refractivity contribution in [2.45, 2.75) is 6.42 Å². The molecule has 2 N–H and O–H groups in total. The molecule has 0 radical (unpaired) electrons. The number of carbonyl (C=O) groups is 1. The minimum Gasteiger partial charge on any atom is -0.384 e. The third-order valence-electron chi connectivity index (χ3n) is 2.73. The third kappa shape index (κ3) is 4.53. The van der Waals surface area contributed by atoms with Crippen molar-refractivity contribution in [2.24, 2.45) is 0 Å². The minimum atomic E-state index is -0.789. The summed E-state index contributed by atoms with van der Waals surface area (Å²) < 4.78 is 27.7. The van der Waals surface area contributed by atoms with Gasteiger partial charge in [0.2, 0.25) is 5.91 Å². The first kappa shape index (κ1) is 15.4. The Hall–Kier alpha value is -1.95. The maximum atomic E-state index is 13.4. The van der Waals surface area contributed by atoms with Crippen molar-refractivity contribution in [3.63, 3.8) is 0 Å². The Morgan fingerprint density at radius 3 is 2.43 bits per heavy atom. The van der Waals surface area contributed by atoms with Gasteiger partial charge in [0.1, 0.15) is 17.3 Å². The van der Waals surface area contributed by atoms with Gasteiger partial charge in [-0.25, -0.2) is 8.78 Å². The molecule has 0 aliphatic heterocycles. The monoisotopic (exact) mass is 354 g/mol. The fraction of sp³-hybridized carbons (Fsp3) is 0.133. The van der Waals surface area contributed by atoms with E-state index in [-0.39, 0.29) is 6.42 Å². The minimum absolute atomic E-state index is 0.0975. The SMILES string of the molecule is O=C(CCNc1cccc(Br)c1)Nc1c(F)cccc1F.